The molecule has 0 aromatic heterocycles. The van der Waals surface area contributed by atoms with E-state index >= 15 is 0 Å². The third-order valence-corrected chi connectivity index (χ3v) is 4.28. The first kappa shape index (κ1) is 19.1. The largest absolute Gasteiger partial charge is 0.469 e. The number of hydrogen-bond acceptors (Lipinski definition) is 4. The summed E-state index contributed by atoms with van der Waals surface area (Å²) in [6.45, 7) is 5.65. The Morgan fingerprint density at radius 3 is 2.84 bits per heavy atom. The maximum atomic E-state index is 11.1. The minimum atomic E-state index is -0.152. The maximum absolute atomic E-state index is 11.1. The number of unbranched alkanes of at least 4 members (excludes halogenated alkanes) is 1. The van der Waals surface area contributed by atoms with Crippen LogP contribution in [-0.2, 0) is 9.53 Å². The first-order valence-corrected chi connectivity index (χ1v) is 9.14. The van der Waals surface area contributed by atoms with E-state index in [1.807, 2.05) is 6.07 Å². The molecule has 6 nitrogen and oxygen atoms in total. The van der Waals surface area contributed by atoms with Gasteiger partial charge in [-0.2, -0.15) is 0 Å². The van der Waals surface area contributed by atoms with E-state index in [1.54, 1.807) is 0 Å². The average molecular weight is 346 g/mol. The molecule has 0 spiro atoms. The van der Waals surface area contributed by atoms with Gasteiger partial charge in [-0.1, -0.05) is 18.2 Å². The number of guanidine groups is 1. The second kappa shape index (κ2) is 10.6. The van der Waals surface area contributed by atoms with Gasteiger partial charge in [0.2, 0.25) is 0 Å². The molecule has 0 saturated carbocycles. The quantitative estimate of drug-likeness (QED) is 0.327. The third kappa shape index (κ3) is 6.64. The first-order valence-electron chi connectivity index (χ1n) is 9.14. The molecule has 25 heavy (non-hydrogen) atoms. The molecule has 1 fully saturated rings. The molecular formula is C19H30N4O2. The van der Waals surface area contributed by atoms with E-state index in [4.69, 9.17) is 0 Å². The van der Waals surface area contributed by atoms with E-state index < -0.39 is 0 Å². The van der Waals surface area contributed by atoms with Crippen molar-refractivity contribution in [2.75, 3.05) is 38.2 Å². The number of aliphatic imine (C=N–C) groups is 1. The van der Waals surface area contributed by atoms with Gasteiger partial charge in [0.1, 0.15) is 0 Å². The summed E-state index contributed by atoms with van der Waals surface area (Å²) < 4.78 is 4.65. The van der Waals surface area contributed by atoms with Crippen LogP contribution >= 0.6 is 0 Å². The van der Waals surface area contributed by atoms with Crippen LogP contribution in [0.5, 0.6) is 0 Å². The SMILES string of the molecule is CCNC(=NCCCCC(=O)OC)NC1CCN(c2ccccc2)C1. The number of carbonyl (C=O) groups is 1. The molecule has 1 heterocycles. The number of benzene rings is 1. The number of nitrogens with zero attached hydrogens (tertiary/aromatic N) is 2. The van der Waals surface area contributed by atoms with Crippen molar-refractivity contribution in [1.29, 1.82) is 0 Å². The summed E-state index contributed by atoms with van der Waals surface area (Å²) >= 11 is 0. The highest BCUT2D eigenvalue weighted by atomic mass is 16.5. The number of rotatable bonds is 8. The number of hydrogen-bond donors (Lipinski definition) is 2. The van der Waals surface area contributed by atoms with E-state index in [0.717, 1.165) is 44.9 Å². The van der Waals surface area contributed by atoms with Gasteiger partial charge >= 0.3 is 5.97 Å². The number of anilines is 1. The number of carbonyl (C=O) groups excluding carboxylic acids is 1. The third-order valence-electron chi connectivity index (χ3n) is 4.28. The predicted molar refractivity (Wildman–Crippen MR) is 102 cm³/mol. The van der Waals surface area contributed by atoms with Crippen molar-refractivity contribution in [1.82, 2.24) is 10.6 Å². The summed E-state index contributed by atoms with van der Waals surface area (Å²) in [6, 6.07) is 10.9. The molecule has 6 heteroatoms. The van der Waals surface area contributed by atoms with Gasteiger partial charge in [0.25, 0.3) is 0 Å². The van der Waals surface area contributed by atoms with Crippen LogP contribution in [0.4, 0.5) is 5.69 Å². The molecule has 138 valence electrons. The topological polar surface area (TPSA) is 66.0 Å². The van der Waals surface area contributed by atoms with Gasteiger partial charge in [-0.05, 0) is 38.3 Å². The van der Waals surface area contributed by atoms with Crippen LogP contribution in [0, 0.1) is 0 Å². The minimum Gasteiger partial charge on any atom is -0.469 e. The van der Waals surface area contributed by atoms with E-state index in [0.29, 0.717) is 19.0 Å². The van der Waals surface area contributed by atoms with Gasteiger partial charge in [-0.15, -0.1) is 0 Å². The highest BCUT2D eigenvalue weighted by molar-refractivity contribution is 5.80. The van der Waals surface area contributed by atoms with E-state index in [9.17, 15) is 4.79 Å². The van der Waals surface area contributed by atoms with Crippen molar-refractivity contribution in [3.05, 3.63) is 30.3 Å². The molecular weight excluding hydrogens is 316 g/mol. The van der Waals surface area contributed by atoms with Crippen LogP contribution in [0.25, 0.3) is 0 Å². The Morgan fingerprint density at radius 2 is 2.12 bits per heavy atom. The van der Waals surface area contributed by atoms with Gasteiger partial charge in [0.05, 0.1) is 7.11 Å². The number of nitrogens with one attached hydrogen (secondary N) is 2. The summed E-state index contributed by atoms with van der Waals surface area (Å²) in [6.07, 6.45) is 3.25. The molecule has 1 atom stereocenters. The molecule has 0 bridgehead atoms. The minimum absolute atomic E-state index is 0.152. The Labute approximate surface area is 150 Å². The average Bonchev–Trinajstić information content (AvgIpc) is 3.10. The number of ether oxygens (including phenoxy) is 1. The Kier molecular flexibility index (Phi) is 8.09. The van der Waals surface area contributed by atoms with Crippen molar-refractivity contribution in [3.63, 3.8) is 0 Å². The fraction of sp³-hybridized carbons (Fsp3) is 0.579. The zero-order valence-electron chi connectivity index (χ0n) is 15.3. The van der Waals surface area contributed by atoms with Gasteiger partial charge in [-0.25, -0.2) is 0 Å². The lowest BCUT2D eigenvalue weighted by atomic mass is 10.2. The van der Waals surface area contributed by atoms with E-state index in [1.165, 1.54) is 12.8 Å². The molecule has 1 aromatic carbocycles. The van der Waals surface area contributed by atoms with Gasteiger partial charge in [-0.3, -0.25) is 9.79 Å². The van der Waals surface area contributed by atoms with Crippen LogP contribution in [0.2, 0.25) is 0 Å². The van der Waals surface area contributed by atoms with Crippen molar-refractivity contribution in [3.8, 4) is 0 Å². The fourth-order valence-electron chi connectivity index (χ4n) is 2.94. The fourth-order valence-corrected chi connectivity index (χ4v) is 2.94. The molecule has 1 aromatic rings. The second-order valence-corrected chi connectivity index (χ2v) is 6.21. The molecule has 0 aliphatic carbocycles. The Hall–Kier alpha value is -2.24. The van der Waals surface area contributed by atoms with Crippen LogP contribution in [-0.4, -0.2) is 51.3 Å². The van der Waals surface area contributed by atoms with Crippen molar-refractivity contribution in [2.24, 2.45) is 4.99 Å². The standard InChI is InChI=1S/C19H30N4O2/c1-3-20-19(21-13-8-7-11-18(24)25-2)22-16-12-14-23(15-16)17-9-5-4-6-10-17/h4-6,9-10,16H,3,7-8,11-15H2,1-2H3,(H2,20,21,22). The maximum Gasteiger partial charge on any atom is 0.305 e. The van der Waals surface area contributed by atoms with Crippen molar-refractivity contribution < 1.29 is 9.53 Å². The Morgan fingerprint density at radius 1 is 1.32 bits per heavy atom. The predicted octanol–water partition coefficient (Wildman–Crippen LogP) is 2.16. The monoisotopic (exact) mass is 346 g/mol. The molecule has 1 saturated heterocycles. The summed E-state index contributed by atoms with van der Waals surface area (Å²) in [5.74, 6) is 0.710. The zero-order chi connectivity index (χ0) is 17.9. The molecule has 0 amide bonds. The van der Waals surface area contributed by atoms with Crippen molar-refractivity contribution >= 4 is 17.6 Å². The first-order chi connectivity index (χ1) is 12.2. The molecule has 0 radical (unpaired) electrons. The van der Waals surface area contributed by atoms with E-state index in [-0.39, 0.29) is 5.97 Å². The molecule has 2 rings (SSSR count). The number of esters is 1. The lowest BCUT2D eigenvalue weighted by Crippen LogP contribution is -2.44. The molecule has 1 aliphatic heterocycles. The number of para-hydroxylation sites is 1. The normalized spacial score (nSPS) is 17.4. The summed E-state index contributed by atoms with van der Waals surface area (Å²) in [4.78, 5) is 18.1. The highest BCUT2D eigenvalue weighted by Crippen LogP contribution is 2.19. The number of methoxy groups -OCH3 is 1. The van der Waals surface area contributed by atoms with Crippen molar-refractivity contribution in [2.45, 2.75) is 38.6 Å². The van der Waals surface area contributed by atoms with Crippen LogP contribution in [0.1, 0.15) is 32.6 Å². The van der Waals surface area contributed by atoms with Gasteiger partial charge in [0.15, 0.2) is 5.96 Å². The molecule has 2 N–H and O–H groups in total. The molecule has 1 unspecified atom stereocenters. The smallest absolute Gasteiger partial charge is 0.305 e. The summed E-state index contributed by atoms with van der Waals surface area (Å²) in [5, 5.41) is 6.84. The summed E-state index contributed by atoms with van der Waals surface area (Å²) in [5.41, 5.74) is 1.27. The van der Waals surface area contributed by atoms with Gasteiger partial charge < -0.3 is 20.3 Å². The Bertz CT molecular complexity index is 548. The highest BCUT2D eigenvalue weighted by Gasteiger charge is 2.23. The zero-order valence-corrected chi connectivity index (χ0v) is 15.3. The van der Waals surface area contributed by atoms with Crippen LogP contribution in [0.15, 0.2) is 35.3 Å². The lowest BCUT2D eigenvalue weighted by Gasteiger charge is -2.20. The van der Waals surface area contributed by atoms with E-state index in [2.05, 4.69) is 56.5 Å². The van der Waals surface area contributed by atoms with Crippen LogP contribution in [0.3, 0.4) is 0 Å². The second-order valence-electron chi connectivity index (χ2n) is 6.21. The molecule has 1 aliphatic rings. The Balaban J connectivity index is 1.77. The van der Waals surface area contributed by atoms with Crippen LogP contribution < -0.4 is 15.5 Å². The lowest BCUT2D eigenvalue weighted by molar-refractivity contribution is -0.140. The van der Waals surface area contributed by atoms with Gasteiger partial charge in [0, 0.05) is 44.3 Å². The summed E-state index contributed by atoms with van der Waals surface area (Å²) in [7, 11) is 1.42.